The monoisotopic (exact) mass is 393 g/mol. The van der Waals surface area contributed by atoms with Crippen LogP contribution in [0.3, 0.4) is 0 Å². The first-order valence-electron chi connectivity index (χ1n) is 8.04. The summed E-state index contributed by atoms with van der Waals surface area (Å²) >= 11 is 5.71. The van der Waals surface area contributed by atoms with Crippen molar-refractivity contribution in [2.24, 2.45) is 0 Å². The number of nitrogens with zero attached hydrogens (tertiary/aromatic N) is 4. The summed E-state index contributed by atoms with van der Waals surface area (Å²) in [6, 6.07) is 12.9. The average molecular weight is 394 g/mol. The van der Waals surface area contributed by atoms with Crippen LogP contribution in [0.25, 0.3) is 0 Å². The molecule has 0 atom stereocenters. The molecule has 1 aromatic heterocycles. The van der Waals surface area contributed by atoms with E-state index in [-0.39, 0.29) is 22.5 Å². The van der Waals surface area contributed by atoms with Crippen molar-refractivity contribution < 1.29 is 13.2 Å². The minimum atomic E-state index is -4.56. The first-order chi connectivity index (χ1) is 12.9. The van der Waals surface area contributed by atoms with E-state index < -0.39 is 11.7 Å². The van der Waals surface area contributed by atoms with Crippen LogP contribution in [0.5, 0.6) is 0 Å². The molecule has 0 aliphatic rings. The lowest BCUT2D eigenvalue weighted by Gasteiger charge is -2.21. The van der Waals surface area contributed by atoms with E-state index in [0.29, 0.717) is 6.54 Å². The highest BCUT2D eigenvalue weighted by Crippen LogP contribution is 2.37. The highest BCUT2D eigenvalue weighted by molar-refractivity contribution is 6.30. The van der Waals surface area contributed by atoms with Crippen molar-refractivity contribution in [3.8, 4) is 0 Å². The van der Waals surface area contributed by atoms with Gasteiger partial charge in [-0.3, -0.25) is 0 Å². The fourth-order valence-electron chi connectivity index (χ4n) is 2.51. The van der Waals surface area contributed by atoms with Gasteiger partial charge in [-0.15, -0.1) is 5.10 Å². The number of alkyl halides is 3. The predicted molar refractivity (Wildman–Crippen MR) is 98.7 cm³/mol. The zero-order valence-electron chi connectivity index (χ0n) is 14.2. The van der Waals surface area contributed by atoms with Crippen LogP contribution in [0.1, 0.15) is 12.5 Å². The van der Waals surface area contributed by atoms with E-state index in [0.717, 1.165) is 11.8 Å². The summed E-state index contributed by atoms with van der Waals surface area (Å²) in [4.78, 5) is 6.10. The molecule has 0 aliphatic carbocycles. The Balaban J connectivity index is 1.93. The van der Waals surface area contributed by atoms with Crippen molar-refractivity contribution in [3.05, 3.63) is 65.3 Å². The van der Waals surface area contributed by atoms with Gasteiger partial charge in [-0.25, -0.2) is 0 Å². The third kappa shape index (κ3) is 4.46. The molecule has 27 heavy (non-hydrogen) atoms. The van der Waals surface area contributed by atoms with Gasteiger partial charge in [0.15, 0.2) is 5.82 Å². The summed E-state index contributed by atoms with van der Waals surface area (Å²) in [6.07, 6.45) is -3.30. The maximum atomic E-state index is 13.3. The van der Waals surface area contributed by atoms with Crippen LogP contribution in [0, 0.1) is 0 Å². The Labute approximate surface area is 158 Å². The third-order valence-corrected chi connectivity index (χ3v) is 3.96. The van der Waals surface area contributed by atoms with E-state index in [4.69, 9.17) is 11.6 Å². The van der Waals surface area contributed by atoms with Crippen molar-refractivity contribution in [2.75, 3.05) is 16.8 Å². The number of halogens is 4. The van der Waals surface area contributed by atoms with Crippen molar-refractivity contribution in [3.63, 3.8) is 0 Å². The second-order valence-corrected chi connectivity index (χ2v) is 5.97. The van der Waals surface area contributed by atoms with E-state index in [1.54, 1.807) is 4.90 Å². The standard InChI is InChI=1S/C18H15ClF3N5/c1-2-27(13-6-4-3-5-7-13)17-25-16(11-23-26-17)24-15-9-8-12(19)10-14(15)18(20,21)22/h3-11H,2H2,1H3,(H,24,25,26). The molecule has 3 aromatic rings. The first kappa shape index (κ1) is 18.9. The second kappa shape index (κ2) is 7.79. The van der Waals surface area contributed by atoms with Gasteiger partial charge in [0.2, 0.25) is 0 Å². The van der Waals surface area contributed by atoms with E-state index in [1.165, 1.54) is 18.3 Å². The summed E-state index contributed by atoms with van der Waals surface area (Å²) in [5.41, 5.74) is -0.201. The Morgan fingerprint density at radius 1 is 1.11 bits per heavy atom. The van der Waals surface area contributed by atoms with Crippen LogP contribution in [0.4, 0.5) is 36.3 Å². The smallest absolute Gasteiger partial charge is 0.338 e. The zero-order chi connectivity index (χ0) is 19.4. The molecule has 0 fully saturated rings. The third-order valence-electron chi connectivity index (χ3n) is 3.72. The molecule has 3 rings (SSSR count). The maximum absolute atomic E-state index is 13.3. The van der Waals surface area contributed by atoms with Gasteiger partial charge < -0.3 is 10.2 Å². The van der Waals surface area contributed by atoms with Crippen molar-refractivity contribution in [2.45, 2.75) is 13.1 Å². The number of para-hydroxylation sites is 1. The Hall–Kier alpha value is -2.87. The highest BCUT2D eigenvalue weighted by Gasteiger charge is 2.34. The summed E-state index contributed by atoms with van der Waals surface area (Å²) in [6.45, 7) is 2.47. The molecule has 0 aliphatic heterocycles. The molecule has 0 saturated carbocycles. The van der Waals surface area contributed by atoms with Crippen molar-refractivity contribution >= 4 is 34.7 Å². The number of nitrogens with one attached hydrogen (secondary N) is 1. The van der Waals surface area contributed by atoms with Gasteiger partial charge in [0.25, 0.3) is 5.95 Å². The lowest BCUT2D eigenvalue weighted by molar-refractivity contribution is -0.136. The SMILES string of the molecule is CCN(c1ccccc1)c1nncc(Nc2ccc(Cl)cc2C(F)(F)F)n1. The van der Waals surface area contributed by atoms with Crippen LogP contribution in [0.2, 0.25) is 5.02 Å². The van der Waals surface area contributed by atoms with Crippen molar-refractivity contribution in [1.29, 1.82) is 0 Å². The fraction of sp³-hybridized carbons (Fsp3) is 0.167. The first-order valence-corrected chi connectivity index (χ1v) is 8.42. The average Bonchev–Trinajstić information content (AvgIpc) is 2.64. The Morgan fingerprint density at radius 2 is 1.85 bits per heavy atom. The van der Waals surface area contributed by atoms with Gasteiger partial charge in [-0.05, 0) is 37.3 Å². The number of aromatic nitrogens is 3. The molecule has 5 nitrogen and oxygen atoms in total. The molecule has 0 spiro atoms. The van der Waals surface area contributed by atoms with Gasteiger partial charge in [-0.2, -0.15) is 23.3 Å². The van der Waals surface area contributed by atoms with E-state index in [9.17, 15) is 13.2 Å². The number of hydrogen-bond donors (Lipinski definition) is 1. The largest absolute Gasteiger partial charge is 0.418 e. The van der Waals surface area contributed by atoms with Crippen LogP contribution < -0.4 is 10.2 Å². The minimum Gasteiger partial charge on any atom is -0.338 e. The molecule has 2 aromatic carbocycles. The number of hydrogen-bond acceptors (Lipinski definition) is 5. The predicted octanol–water partition coefficient (Wildman–Crippen LogP) is 5.45. The van der Waals surface area contributed by atoms with Crippen LogP contribution >= 0.6 is 11.6 Å². The van der Waals surface area contributed by atoms with E-state index in [2.05, 4.69) is 20.5 Å². The number of rotatable bonds is 5. The molecule has 0 amide bonds. The Bertz CT molecular complexity index is 918. The molecular formula is C18H15ClF3N5. The maximum Gasteiger partial charge on any atom is 0.418 e. The van der Waals surface area contributed by atoms with Gasteiger partial charge in [0.1, 0.15) is 0 Å². The number of benzene rings is 2. The molecule has 0 saturated heterocycles. The quantitative estimate of drug-likeness (QED) is 0.625. The van der Waals surface area contributed by atoms with E-state index in [1.807, 2.05) is 37.3 Å². The van der Waals surface area contributed by atoms with Crippen LogP contribution in [-0.4, -0.2) is 21.7 Å². The summed E-state index contributed by atoms with van der Waals surface area (Å²) < 4.78 is 39.8. The topological polar surface area (TPSA) is 53.9 Å². The summed E-state index contributed by atoms with van der Waals surface area (Å²) in [5.74, 6) is 0.415. The van der Waals surface area contributed by atoms with E-state index >= 15 is 0 Å². The molecule has 9 heteroatoms. The molecule has 140 valence electrons. The van der Waals surface area contributed by atoms with Gasteiger partial charge in [-0.1, -0.05) is 29.8 Å². The highest BCUT2D eigenvalue weighted by atomic mass is 35.5. The lowest BCUT2D eigenvalue weighted by Crippen LogP contribution is -2.19. The fourth-order valence-corrected chi connectivity index (χ4v) is 2.69. The normalized spacial score (nSPS) is 11.3. The lowest BCUT2D eigenvalue weighted by atomic mass is 10.1. The molecule has 1 N–H and O–H groups in total. The molecular weight excluding hydrogens is 379 g/mol. The zero-order valence-corrected chi connectivity index (χ0v) is 15.0. The van der Waals surface area contributed by atoms with Crippen LogP contribution in [0.15, 0.2) is 54.7 Å². The van der Waals surface area contributed by atoms with Crippen molar-refractivity contribution in [1.82, 2.24) is 15.2 Å². The molecule has 0 unspecified atom stereocenters. The minimum absolute atomic E-state index is 0.00406. The molecule has 0 bridgehead atoms. The number of anilines is 4. The summed E-state index contributed by atoms with van der Waals surface area (Å²) in [5, 5.41) is 10.5. The second-order valence-electron chi connectivity index (χ2n) is 5.53. The van der Waals surface area contributed by atoms with Gasteiger partial charge >= 0.3 is 6.18 Å². The Morgan fingerprint density at radius 3 is 2.52 bits per heavy atom. The molecule has 0 radical (unpaired) electrons. The van der Waals surface area contributed by atoms with Gasteiger partial charge in [0, 0.05) is 17.3 Å². The van der Waals surface area contributed by atoms with Gasteiger partial charge in [0.05, 0.1) is 17.4 Å². The molecule has 1 heterocycles. The van der Waals surface area contributed by atoms with Crippen LogP contribution in [-0.2, 0) is 6.18 Å². The summed E-state index contributed by atoms with van der Waals surface area (Å²) in [7, 11) is 0. The Kier molecular flexibility index (Phi) is 5.46.